The van der Waals surface area contributed by atoms with Crippen molar-refractivity contribution in [2.75, 3.05) is 17.7 Å². The van der Waals surface area contributed by atoms with Gasteiger partial charge in [0, 0.05) is 12.7 Å². The zero-order valence-corrected chi connectivity index (χ0v) is 11.1. The van der Waals surface area contributed by atoms with Gasteiger partial charge in [-0.15, -0.1) is 0 Å². The van der Waals surface area contributed by atoms with Gasteiger partial charge in [-0.3, -0.25) is 4.98 Å². The molecule has 0 unspecified atom stereocenters. The molecule has 0 aliphatic rings. The minimum Gasteiger partial charge on any atom is -0.397 e. The van der Waals surface area contributed by atoms with Gasteiger partial charge in [0.05, 0.1) is 23.6 Å². The lowest BCUT2D eigenvalue weighted by atomic mass is 10.1. The predicted octanol–water partition coefficient (Wildman–Crippen LogP) is 2.92. The Morgan fingerprint density at radius 2 is 1.83 bits per heavy atom. The van der Waals surface area contributed by atoms with Crippen LogP contribution < -0.4 is 10.6 Å². The molecule has 0 saturated heterocycles. The molecular formula is C15H19N3. The number of pyridine rings is 1. The van der Waals surface area contributed by atoms with Gasteiger partial charge >= 0.3 is 0 Å². The van der Waals surface area contributed by atoms with Gasteiger partial charge in [0.25, 0.3) is 0 Å². The first kappa shape index (κ1) is 12.4. The van der Waals surface area contributed by atoms with Crippen molar-refractivity contribution in [1.29, 1.82) is 0 Å². The molecule has 0 aliphatic carbocycles. The molecule has 1 aromatic heterocycles. The van der Waals surface area contributed by atoms with Crippen molar-refractivity contribution in [2.45, 2.75) is 20.4 Å². The monoisotopic (exact) mass is 241 g/mol. The summed E-state index contributed by atoms with van der Waals surface area (Å²) in [4.78, 5) is 6.64. The lowest BCUT2D eigenvalue weighted by Gasteiger charge is -2.21. The molecule has 2 rings (SSSR count). The summed E-state index contributed by atoms with van der Waals surface area (Å²) in [6.07, 6.45) is 0. The Labute approximate surface area is 108 Å². The van der Waals surface area contributed by atoms with Gasteiger partial charge in [-0.25, -0.2) is 0 Å². The number of benzene rings is 1. The molecule has 0 amide bonds. The van der Waals surface area contributed by atoms with Crippen molar-refractivity contribution in [2.24, 2.45) is 0 Å². The third-order valence-electron chi connectivity index (χ3n) is 3.06. The lowest BCUT2D eigenvalue weighted by Crippen LogP contribution is -2.19. The van der Waals surface area contributed by atoms with Crippen LogP contribution >= 0.6 is 0 Å². The molecule has 0 radical (unpaired) electrons. The number of hydrogen-bond donors (Lipinski definition) is 1. The molecule has 0 saturated carbocycles. The SMILES string of the molecule is Cc1cccc(CN(C)c2cccc(C)c2N)n1. The molecule has 3 heteroatoms. The normalized spacial score (nSPS) is 10.4. The third kappa shape index (κ3) is 2.62. The molecule has 18 heavy (non-hydrogen) atoms. The number of aromatic nitrogens is 1. The van der Waals surface area contributed by atoms with Crippen molar-refractivity contribution in [3.05, 3.63) is 53.3 Å². The second kappa shape index (κ2) is 5.08. The van der Waals surface area contributed by atoms with Gasteiger partial charge in [0.15, 0.2) is 0 Å². The first-order valence-electron chi connectivity index (χ1n) is 6.06. The standard InChI is InChI=1S/C15H19N3/c1-11-6-4-9-14(15(11)16)18(3)10-13-8-5-7-12(2)17-13/h4-9H,10,16H2,1-3H3. The zero-order valence-electron chi connectivity index (χ0n) is 11.1. The highest BCUT2D eigenvalue weighted by molar-refractivity contribution is 5.70. The summed E-state index contributed by atoms with van der Waals surface area (Å²) < 4.78 is 0. The number of nitrogens with two attached hydrogens (primary N) is 1. The number of rotatable bonds is 3. The number of nitrogen functional groups attached to an aromatic ring is 1. The van der Waals surface area contributed by atoms with Crippen LogP contribution in [-0.2, 0) is 6.54 Å². The van der Waals surface area contributed by atoms with Gasteiger partial charge in [-0.1, -0.05) is 18.2 Å². The summed E-state index contributed by atoms with van der Waals surface area (Å²) in [5, 5.41) is 0. The van der Waals surface area contributed by atoms with E-state index >= 15 is 0 Å². The van der Waals surface area contributed by atoms with E-state index < -0.39 is 0 Å². The summed E-state index contributed by atoms with van der Waals surface area (Å²) in [6.45, 7) is 4.79. The van der Waals surface area contributed by atoms with E-state index in [0.29, 0.717) is 0 Å². The van der Waals surface area contributed by atoms with Crippen molar-refractivity contribution < 1.29 is 0 Å². The molecular weight excluding hydrogens is 222 g/mol. The smallest absolute Gasteiger partial charge is 0.0603 e. The first-order chi connectivity index (χ1) is 8.58. The molecule has 1 heterocycles. The highest BCUT2D eigenvalue weighted by atomic mass is 15.1. The number of nitrogens with zero attached hydrogens (tertiary/aromatic N) is 2. The molecule has 3 nitrogen and oxygen atoms in total. The van der Waals surface area contributed by atoms with E-state index in [1.807, 2.05) is 57.3 Å². The number of hydrogen-bond acceptors (Lipinski definition) is 3. The van der Waals surface area contributed by atoms with Gasteiger partial charge in [0.2, 0.25) is 0 Å². The van der Waals surface area contributed by atoms with Gasteiger partial charge < -0.3 is 10.6 Å². The van der Waals surface area contributed by atoms with Crippen molar-refractivity contribution >= 4 is 11.4 Å². The molecule has 2 N–H and O–H groups in total. The van der Waals surface area contributed by atoms with Crippen LogP contribution in [0, 0.1) is 13.8 Å². The third-order valence-corrected chi connectivity index (χ3v) is 3.06. The van der Waals surface area contributed by atoms with Crippen LogP contribution in [0.1, 0.15) is 17.0 Å². The average molecular weight is 241 g/mol. The van der Waals surface area contributed by atoms with Crippen LogP contribution in [0.2, 0.25) is 0 Å². The minimum atomic E-state index is 0.759. The largest absolute Gasteiger partial charge is 0.397 e. The molecule has 0 fully saturated rings. The molecule has 0 spiro atoms. The predicted molar refractivity (Wildman–Crippen MR) is 76.7 cm³/mol. The zero-order chi connectivity index (χ0) is 13.1. The van der Waals surface area contributed by atoms with E-state index in [1.54, 1.807) is 0 Å². The second-order valence-electron chi connectivity index (χ2n) is 4.63. The number of aryl methyl sites for hydroxylation is 2. The molecule has 0 aliphatic heterocycles. The van der Waals surface area contributed by atoms with Crippen LogP contribution in [-0.4, -0.2) is 12.0 Å². The number of anilines is 2. The maximum atomic E-state index is 6.10. The Morgan fingerprint density at radius 3 is 2.56 bits per heavy atom. The average Bonchev–Trinajstić information content (AvgIpc) is 2.32. The topological polar surface area (TPSA) is 42.1 Å². The second-order valence-corrected chi connectivity index (χ2v) is 4.63. The molecule has 1 aromatic carbocycles. The van der Waals surface area contributed by atoms with Crippen LogP contribution in [0.4, 0.5) is 11.4 Å². The van der Waals surface area contributed by atoms with Crippen LogP contribution in [0.3, 0.4) is 0 Å². The van der Waals surface area contributed by atoms with E-state index in [0.717, 1.165) is 34.9 Å². The van der Waals surface area contributed by atoms with E-state index in [9.17, 15) is 0 Å². The fourth-order valence-electron chi connectivity index (χ4n) is 2.01. The molecule has 2 aromatic rings. The molecule has 0 atom stereocenters. The maximum Gasteiger partial charge on any atom is 0.0603 e. The van der Waals surface area contributed by atoms with Crippen LogP contribution in [0.5, 0.6) is 0 Å². The van der Waals surface area contributed by atoms with Crippen molar-refractivity contribution in [3.63, 3.8) is 0 Å². The van der Waals surface area contributed by atoms with Crippen LogP contribution in [0.15, 0.2) is 36.4 Å². The van der Waals surface area contributed by atoms with Gasteiger partial charge in [-0.05, 0) is 37.6 Å². The lowest BCUT2D eigenvalue weighted by molar-refractivity contribution is 0.877. The van der Waals surface area contributed by atoms with Crippen molar-refractivity contribution in [3.8, 4) is 0 Å². The summed E-state index contributed by atoms with van der Waals surface area (Å²) >= 11 is 0. The van der Waals surface area contributed by atoms with Gasteiger partial charge in [0.1, 0.15) is 0 Å². The van der Waals surface area contributed by atoms with Gasteiger partial charge in [-0.2, -0.15) is 0 Å². The maximum absolute atomic E-state index is 6.10. The minimum absolute atomic E-state index is 0.759. The Morgan fingerprint density at radius 1 is 1.11 bits per heavy atom. The fourth-order valence-corrected chi connectivity index (χ4v) is 2.01. The molecule has 94 valence electrons. The summed E-state index contributed by atoms with van der Waals surface area (Å²) in [5.41, 5.74) is 11.2. The Balaban J connectivity index is 2.22. The quantitative estimate of drug-likeness (QED) is 0.840. The van der Waals surface area contributed by atoms with Crippen molar-refractivity contribution in [1.82, 2.24) is 4.98 Å². The summed E-state index contributed by atoms with van der Waals surface area (Å²) in [6, 6.07) is 12.2. The van der Waals surface area contributed by atoms with Crippen LogP contribution in [0.25, 0.3) is 0 Å². The number of para-hydroxylation sites is 1. The molecule has 0 bridgehead atoms. The fraction of sp³-hybridized carbons (Fsp3) is 0.267. The summed E-state index contributed by atoms with van der Waals surface area (Å²) in [7, 11) is 2.04. The Kier molecular flexibility index (Phi) is 3.51. The Hall–Kier alpha value is -2.03. The summed E-state index contributed by atoms with van der Waals surface area (Å²) in [5.74, 6) is 0. The first-order valence-corrected chi connectivity index (χ1v) is 6.06. The van der Waals surface area contributed by atoms with E-state index in [1.165, 1.54) is 0 Å². The van der Waals surface area contributed by atoms with E-state index in [2.05, 4.69) is 9.88 Å². The van der Waals surface area contributed by atoms with E-state index in [-0.39, 0.29) is 0 Å². The van der Waals surface area contributed by atoms with E-state index in [4.69, 9.17) is 5.73 Å². The highest BCUT2D eigenvalue weighted by Crippen LogP contribution is 2.25. The Bertz CT molecular complexity index is 549. The highest BCUT2D eigenvalue weighted by Gasteiger charge is 2.08.